The lowest BCUT2D eigenvalue weighted by molar-refractivity contribution is 0.306. The second-order valence-corrected chi connectivity index (χ2v) is 5.08. The van der Waals surface area contributed by atoms with Crippen LogP contribution in [0.3, 0.4) is 0 Å². The number of hydrogen-bond acceptors (Lipinski definition) is 3. The number of rotatable bonds is 4. The van der Waals surface area contributed by atoms with Gasteiger partial charge in [-0.2, -0.15) is 10.4 Å². The lowest BCUT2D eigenvalue weighted by atomic mass is 10.0. The minimum Gasteiger partial charge on any atom is -0.489 e. The fraction of sp³-hybridized carbons (Fsp3) is 0.111. The van der Waals surface area contributed by atoms with Gasteiger partial charge in [0.2, 0.25) is 0 Å². The molecule has 0 unspecified atom stereocenters. The van der Waals surface area contributed by atoms with Crippen molar-refractivity contribution in [2.45, 2.75) is 13.5 Å². The van der Waals surface area contributed by atoms with Crippen molar-refractivity contribution in [2.75, 3.05) is 0 Å². The molecule has 0 amide bonds. The van der Waals surface area contributed by atoms with E-state index in [-0.39, 0.29) is 0 Å². The Bertz CT molecular complexity index is 816. The van der Waals surface area contributed by atoms with Gasteiger partial charge in [0.05, 0.1) is 17.5 Å². The average Bonchev–Trinajstić information content (AvgIpc) is 3.02. The summed E-state index contributed by atoms with van der Waals surface area (Å²) >= 11 is 0. The monoisotopic (exact) mass is 289 g/mol. The smallest absolute Gasteiger partial charge is 0.119 e. The van der Waals surface area contributed by atoms with Crippen molar-refractivity contribution in [2.24, 2.45) is 0 Å². The molecule has 0 saturated carbocycles. The normalized spacial score (nSPS) is 10.2. The fourth-order valence-corrected chi connectivity index (χ4v) is 2.36. The number of hydrogen-bond donors (Lipinski definition) is 1. The zero-order chi connectivity index (χ0) is 15.4. The van der Waals surface area contributed by atoms with E-state index in [9.17, 15) is 0 Å². The molecule has 1 heterocycles. The van der Waals surface area contributed by atoms with Crippen LogP contribution in [0, 0.1) is 18.3 Å². The first-order valence-electron chi connectivity index (χ1n) is 6.98. The van der Waals surface area contributed by atoms with Crippen LogP contribution < -0.4 is 4.74 Å². The molecule has 0 aliphatic carbocycles. The summed E-state index contributed by atoms with van der Waals surface area (Å²) in [5.41, 5.74) is 4.40. The Morgan fingerprint density at radius 1 is 1.18 bits per heavy atom. The Morgan fingerprint density at radius 2 is 2.00 bits per heavy atom. The summed E-state index contributed by atoms with van der Waals surface area (Å²) in [5, 5.41) is 16.0. The molecule has 2 aromatic carbocycles. The van der Waals surface area contributed by atoms with E-state index in [0.29, 0.717) is 12.2 Å². The zero-order valence-electron chi connectivity index (χ0n) is 12.2. The van der Waals surface area contributed by atoms with E-state index in [4.69, 9.17) is 10.00 Å². The summed E-state index contributed by atoms with van der Waals surface area (Å²) in [7, 11) is 0. The highest BCUT2D eigenvalue weighted by atomic mass is 16.5. The lowest BCUT2D eigenvalue weighted by Crippen LogP contribution is -1.97. The first kappa shape index (κ1) is 13.9. The van der Waals surface area contributed by atoms with Gasteiger partial charge >= 0.3 is 0 Å². The van der Waals surface area contributed by atoms with Crippen molar-refractivity contribution >= 4 is 0 Å². The molecule has 3 aromatic rings. The highest BCUT2D eigenvalue weighted by Crippen LogP contribution is 2.24. The van der Waals surface area contributed by atoms with Gasteiger partial charge in [0.1, 0.15) is 18.4 Å². The van der Waals surface area contributed by atoms with Gasteiger partial charge in [-0.3, -0.25) is 5.10 Å². The van der Waals surface area contributed by atoms with Crippen LogP contribution in [0.1, 0.15) is 16.7 Å². The average molecular weight is 289 g/mol. The molecule has 0 bridgehead atoms. The molecule has 0 saturated heterocycles. The molecule has 0 radical (unpaired) electrons. The Morgan fingerprint density at radius 3 is 2.77 bits per heavy atom. The number of para-hydroxylation sites is 1. The van der Waals surface area contributed by atoms with Crippen LogP contribution in [0.2, 0.25) is 0 Å². The quantitative estimate of drug-likeness (QED) is 0.793. The second-order valence-electron chi connectivity index (χ2n) is 5.08. The van der Waals surface area contributed by atoms with E-state index in [0.717, 1.165) is 28.1 Å². The van der Waals surface area contributed by atoms with Gasteiger partial charge < -0.3 is 4.74 Å². The summed E-state index contributed by atoms with van der Waals surface area (Å²) in [4.78, 5) is 0. The summed E-state index contributed by atoms with van der Waals surface area (Å²) in [6, 6.07) is 18.0. The standard InChI is InChI=1S/C18H15N3O/c1-13-7-14(12-22-17-5-3-2-4-6-17)9-15(8-13)18-16(10-19)11-20-21-18/h2-9,11H,12H2,1H3,(H,20,21). The molecule has 1 N–H and O–H groups in total. The molecule has 22 heavy (non-hydrogen) atoms. The number of nitriles is 1. The molecule has 4 nitrogen and oxygen atoms in total. The predicted molar refractivity (Wildman–Crippen MR) is 84.2 cm³/mol. The third kappa shape index (κ3) is 2.99. The van der Waals surface area contributed by atoms with Crippen molar-refractivity contribution in [3.8, 4) is 23.1 Å². The molecular formula is C18H15N3O. The number of aromatic amines is 1. The molecule has 0 fully saturated rings. The van der Waals surface area contributed by atoms with Crippen LogP contribution in [0.15, 0.2) is 54.7 Å². The largest absolute Gasteiger partial charge is 0.489 e. The van der Waals surface area contributed by atoms with E-state index in [1.54, 1.807) is 0 Å². The maximum Gasteiger partial charge on any atom is 0.119 e. The number of H-pyrrole nitrogens is 1. The maximum absolute atomic E-state index is 9.12. The fourth-order valence-electron chi connectivity index (χ4n) is 2.36. The van der Waals surface area contributed by atoms with Crippen LogP contribution in [0.5, 0.6) is 5.75 Å². The van der Waals surface area contributed by atoms with Crippen LogP contribution in [-0.4, -0.2) is 10.2 Å². The van der Waals surface area contributed by atoms with E-state index in [2.05, 4.69) is 22.3 Å². The van der Waals surface area contributed by atoms with E-state index >= 15 is 0 Å². The summed E-state index contributed by atoms with van der Waals surface area (Å²) in [6.07, 6.45) is 1.54. The minimum absolute atomic E-state index is 0.481. The van der Waals surface area contributed by atoms with Crippen LogP contribution in [0.25, 0.3) is 11.3 Å². The number of nitrogens with zero attached hydrogens (tertiary/aromatic N) is 2. The van der Waals surface area contributed by atoms with Gasteiger partial charge in [-0.15, -0.1) is 0 Å². The second kappa shape index (κ2) is 6.15. The molecule has 0 spiro atoms. The number of benzene rings is 2. The highest BCUT2D eigenvalue weighted by Gasteiger charge is 2.09. The molecule has 0 aliphatic heterocycles. The van der Waals surface area contributed by atoms with Crippen molar-refractivity contribution < 1.29 is 4.74 Å². The van der Waals surface area contributed by atoms with Gasteiger partial charge in [0.15, 0.2) is 0 Å². The number of aromatic nitrogens is 2. The Labute approximate surface area is 129 Å². The number of aryl methyl sites for hydroxylation is 1. The first-order chi connectivity index (χ1) is 10.8. The maximum atomic E-state index is 9.12. The Hall–Kier alpha value is -3.06. The zero-order valence-corrected chi connectivity index (χ0v) is 12.2. The van der Waals surface area contributed by atoms with Gasteiger partial charge in [0, 0.05) is 5.56 Å². The van der Waals surface area contributed by atoms with Gasteiger partial charge in [0.25, 0.3) is 0 Å². The minimum atomic E-state index is 0.481. The number of nitrogens with one attached hydrogen (secondary N) is 1. The molecule has 0 aliphatic rings. The highest BCUT2D eigenvalue weighted by molar-refractivity contribution is 5.67. The molecule has 3 rings (SSSR count). The van der Waals surface area contributed by atoms with Crippen molar-refractivity contribution in [3.05, 3.63) is 71.4 Å². The molecule has 108 valence electrons. The molecule has 1 aromatic heterocycles. The van der Waals surface area contributed by atoms with Crippen molar-refractivity contribution in [1.29, 1.82) is 5.26 Å². The molecular weight excluding hydrogens is 274 g/mol. The SMILES string of the molecule is Cc1cc(COc2ccccc2)cc(-c2[nH]ncc2C#N)c1. The summed E-state index contributed by atoms with van der Waals surface area (Å²) in [6.45, 7) is 2.51. The number of ether oxygens (including phenoxy) is 1. The van der Waals surface area contributed by atoms with Crippen molar-refractivity contribution in [3.63, 3.8) is 0 Å². The van der Waals surface area contributed by atoms with Crippen LogP contribution in [0.4, 0.5) is 0 Å². The van der Waals surface area contributed by atoms with Crippen LogP contribution >= 0.6 is 0 Å². The van der Waals surface area contributed by atoms with E-state index < -0.39 is 0 Å². The molecule has 4 heteroatoms. The van der Waals surface area contributed by atoms with Gasteiger partial charge in [-0.1, -0.05) is 29.8 Å². The van der Waals surface area contributed by atoms with Crippen molar-refractivity contribution in [1.82, 2.24) is 10.2 Å². The lowest BCUT2D eigenvalue weighted by Gasteiger charge is -2.09. The summed E-state index contributed by atoms with van der Waals surface area (Å²) in [5.74, 6) is 0.838. The van der Waals surface area contributed by atoms with E-state index in [1.807, 2.05) is 49.4 Å². The summed E-state index contributed by atoms with van der Waals surface area (Å²) < 4.78 is 5.79. The van der Waals surface area contributed by atoms with Crippen LogP contribution in [-0.2, 0) is 6.61 Å². The molecule has 0 atom stereocenters. The Kier molecular flexibility index (Phi) is 3.88. The predicted octanol–water partition coefficient (Wildman–Crippen LogP) is 3.84. The van der Waals surface area contributed by atoms with E-state index in [1.165, 1.54) is 6.20 Å². The van der Waals surface area contributed by atoms with Gasteiger partial charge in [-0.25, -0.2) is 0 Å². The Balaban J connectivity index is 1.86. The third-order valence-electron chi connectivity index (χ3n) is 3.33. The third-order valence-corrected chi connectivity index (χ3v) is 3.33. The van der Waals surface area contributed by atoms with Gasteiger partial charge in [-0.05, 0) is 36.8 Å². The topological polar surface area (TPSA) is 61.7 Å². The first-order valence-corrected chi connectivity index (χ1v) is 6.98.